The molecule has 92 valence electrons. The molecule has 0 bridgehead atoms. The van der Waals surface area contributed by atoms with Crippen LogP contribution < -0.4 is 4.74 Å². The van der Waals surface area contributed by atoms with Gasteiger partial charge in [0.2, 0.25) is 0 Å². The second kappa shape index (κ2) is 4.92. The summed E-state index contributed by atoms with van der Waals surface area (Å²) in [4.78, 5) is 0. The third-order valence-corrected chi connectivity index (χ3v) is 3.06. The molecule has 0 aliphatic heterocycles. The second-order valence-electron chi connectivity index (χ2n) is 4.55. The summed E-state index contributed by atoms with van der Waals surface area (Å²) in [5.41, 5.74) is 2.41. The van der Waals surface area contributed by atoms with E-state index >= 15 is 0 Å². The first-order chi connectivity index (χ1) is 8.17. The number of rotatable bonds is 4. The molecular weight excluding hydrogens is 212 g/mol. The Bertz CT molecular complexity index is 423. The zero-order valence-corrected chi connectivity index (χ0v) is 10.8. The van der Waals surface area contributed by atoms with Crippen LogP contribution in [-0.4, -0.2) is 18.8 Å². The van der Waals surface area contributed by atoms with E-state index in [1.165, 1.54) is 11.1 Å². The van der Waals surface area contributed by atoms with Crippen LogP contribution in [0.4, 0.5) is 0 Å². The van der Waals surface area contributed by atoms with E-state index in [0.29, 0.717) is 6.61 Å². The highest BCUT2D eigenvalue weighted by atomic mass is 16.5. The van der Waals surface area contributed by atoms with Crippen LogP contribution in [-0.2, 0) is 11.2 Å². The van der Waals surface area contributed by atoms with E-state index in [2.05, 4.69) is 31.2 Å². The van der Waals surface area contributed by atoms with Gasteiger partial charge in [0.1, 0.15) is 5.75 Å². The van der Waals surface area contributed by atoms with E-state index in [1.807, 2.05) is 19.9 Å². The van der Waals surface area contributed by atoms with Crippen molar-refractivity contribution < 1.29 is 9.47 Å². The maximum atomic E-state index is 5.79. The Morgan fingerprint density at radius 3 is 2.76 bits per heavy atom. The van der Waals surface area contributed by atoms with E-state index in [1.54, 1.807) is 0 Å². The number of hydrogen-bond donors (Lipinski definition) is 0. The van der Waals surface area contributed by atoms with Crippen molar-refractivity contribution in [2.24, 2.45) is 0 Å². The minimum Gasteiger partial charge on any atom is -0.494 e. The van der Waals surface area contributed by atoms with Crippen LogP contribution in [0.5, 0.6) is 5.75 Å². The summed E-state index contributed by atoms with van der Waals surface area (Å²) in [6.07, 6.45) is 5.21. The third-order valence-electron chi connectivity index (χ3n) is 3.06. The maximum absolute atomic E-state index is 5.79. The minimum atomic E-state index is -0.158. The number of ether oxygens (including phenoxy) is 2. The quantitative estimate of drug-likeness (QED) is 0.791. The van der Waals surface area contributed by atoms with Crippen molar-refractivity contribution in [2.45, 2.75) is 32.8 Å². The van der Waals surface area contributed by atoms with Crippen LogP contribution in [0, 0.1) is 0 Å². The Kier molecular flexibility index (Phi) is 3.53. The monoisotopic (exact) mass is 232 g/mol. The lowest BCUT2D eigenvalue weighted by Crippen LogP contribution is -2.31. The van der Waals surface area contributed by atoms with Gasteiger partial charge >= 0.3 is 0 Å². The van der Waals surface area contributed by atoms with Crippen LogP contribution in [0.1, 0.15) is 31.9 Å². The van der Waals surface area contributed by atoms with E-state index in [0.717, 1.165) is 18.8 Å². The molecule has 1 aliphatic rings. The fourth-order valence-corrected chi connectivity index (χ4v) is 2.28. The summed E-state index contributed by atoms with van der Waals surface area (Å²) in [5.74, 6) is 0.941. The van der Waals surface area contributed by atoms with Gasteiger partial charge < -0.3 is 9.47 Å². The number of hydrogen-bond acceptors (Lipinski definition) is 2. The first-order valence-electron chi connectivity index (χ1n) is 6.26. The maximum Gasteiger partial charge on any atom is 0.119 e. The minimum absolute atomic E-state index is 0.158. The highest BCUT2D eigenvalue weighted by Crippen LogP contribution is 2.30. The second-order valence-corrected chi connectivity index (χ2v) is 4.55. The Balaban J connectivity index is 2.23. The van der Waals surface area contributed by atoms with Gasteiger partial charge in [0.25, 0.3) is 0 Å². The molecule has 0 saturated heterocycles. The predicted molar refractivity (Wildman–Crippen MR) is 70.4 cm³/mol. The van der Waals surface area contributed by atoms with Crippen LogP contribution in [0.25, 0.3) is 6.08 Å². The van der Waals surface area contributed by atoms with Crippen molar-refractivity contribution in [1.29, 1.82) is 0 Å². The molecule has 0 saturated carbocycles. The molecular formula is C15H20O2. The van der Waals surface area contributed by atoms with Gasteiger partial charge in [0.05, 0.1) is 12.2 Å². The molecule has 2 heteroatoms. The van der Waals surface area contributed by atoms with E-state index in [-0.39, 0.29) is 5.60 Å². The molecule has 0 heterocycles. The molecule has 1 aromatic rings. The average molecular weight is 232 g/mol. The summed E-state index contributed by atoms with van der Waals surface area (Å²) in [5, 5.41) is 0. The first kappa shape index (κ1) is 12.2. The molecule has 0 aromatic heterocycles. The fraction of sp³-hybridized carbons (Fsp3) is 0.467. The molecule has 0 N–H and O–H groups in total. The molecule has 0 amide bonds. The Morgan fingerprint density at radius 2 is 2.06 bits per heavy atom. The average Bonchev–Trinajstić information content (AvgIpc) is 2.30. The van der Waals surface area contributed by atoms with Crippen LogP contribution in [0.3, 0.4) is 0 Å². The fourth-order valence-electron chi connectivity index (χ4n) is 2.28. The largest absolute Gasteiger partial charge is 0.494 e. The molecule has 17 heavy (non-hydrogen) atoms. The normalized spacial score (nSPS) is 22.3. The molecule has 0 spiro atoms. The third kappa shape index (κ3) is 2.70. The van der Waals surface area contributed by atoms with Gasteiger partial charge in [0, 0.05) is 13.0 Å². The van der Waals surface area contributed by atoms with Gasteiger partial charge in [-0.2, -0.15) is 0 Å². The Morgan fingerprint density at radius 1 is 1.24 bits per heavy atom. The molecule has 0 fully saturated rings. The van der Waals surface area contributed by atoms with Crippen LogP contribution in [0.2, 0.25) is 0 Å². The summed E-state index contributed by atoms with van der Waals surface area (Å²) in [7, 11) is 0. The summed E-state index contributed by atoms with van der Waals surface area (Å²) >= 11 is 0. The topological polar surface area (TPSA) is 18.5 Å². The van der Waals surface area contributed by atoms with Crippen molar-refractivity contribution >= 4 is 6.08 Å². The van der Waals surface area contributed by atoms with Gasteiger partial charge in [-0.05, 0) is 44.0 Å². The molecule has 2 nitrogen and oxygen atoms in total. The molecule has 2 rings (SSSR count). The van der Waals surface area contributed by atoms with Gasteiger partial charge in [-0.1, -0.05) is 18.2 Å². The highest BCUT2D eigenvalue weighted by molar-refractivity contribution is 5.60. The lowest BCUT2D eigenvalue weighted by Gasteiger charge is -2.30. The van der Waals surface area contributed by atoms with E-state index in [4.69, 9.17) is 9.47 Å². The van der Waals surface area contributed by atoms with Crippen LogP contribution in [0.15, 0.2) is 24.3 Å². The van der Waals surface area contributed by atoms with Gasteiger partial charge in [-0.25, -0.2) is 0 Å². The molecule has 1 unspecified atom stereocenters. The van der Waals surface area contributed by atoms with E-state index in [9.17, 15) is 0 Å². The van der Waals surface area contributed by atoms with Gasteiger partial charge in [0.15, 0.2) is 0 Å². The van der Waals surface area contributed by atoms with Crippen molar-refractivity contribution in [3.63, 3.8) is 0 Å². The predicted octanol–water partition coefficient (Wildman–Crippen LogP) is 3.45. The molecule has 1 aliphatic carbocycles. The lowest BCUT2D eigenvalue weighted by atomic mass is 9.87. The zero-order valence-electron chi connectivity index (χ0n) is 10.8. The standard InChI is InChI=1S/C15H20O2/c1-4-16-14-7-6-13-11-15(3,17-5-2)9-8-12(13)10-14/h6-10H,4-5,11H2,1-3H3. The van der Waals surface area contributed by atoms with Crippen molar-refractivity contribution in [3.8, 4) is 5.75 Å². The van der Waals surface area contributed by atoms with Crippen molar-refractivity contribution in [1.82, 2.24) is 0 Å². The Labute approximate surface area is 103 Å². The molecule has 1 atom stereocenters. The first-order valence-corrected chi connectivity index (χ1v) is 6.26. The zero-order chi connectivity index (χ0) is 12.3. The van der Waals surface area contributed by atoms with Gasteiger partial charge in [-0.15, -0.1) is 0 Å². The van der Waals surface area contributed by atoms with Crippen molar-refractivity contribution in [2.75, 3.05) is 13.2 Å². The summed E-state index contributed by atoms with van der Waals surface area (Å²) in [6.45, 7) is 7.62. The molecule has 0 radical (unpaired) electrons. The van der Waals surface area contributed by atoms with Crippen molar-refractivity contribution in [3.05, 3.63) is 35.4 Å². The Hall–Kier alpha value is -1.28. The van der Waals surface area contributed by atoms with E-state index < -0.39 is 0 Å². The lowest BCUT2D eigenvalue weighted by molar-refractivity contribution is 0.0138. The molecule has 1 aromatic carbocycles. The summed E-state index contributed by atoms with van der Waals surface area (Å²) in [6, 6.07) is 6.27. The number of fused-ring (bicyclic) bond motifs is 1. The summed E-state index contributed by atoms with van der Waals surface area (Å²) < 4.78 is 11.3. The van der Waals surface area contributed by atoms with Gasteiger partial charge in [-0.3, -0.25) is 0 Å². The SMILES string of the molecule is CCOc1ccc2c(c1)C=CC(C)(OCC)C2. The van der Waals surface area contributed by atoms with Crippen LogP contribution >= 0.6 is 0 Å². The highest BCUT2D eigenvalue weighted by Gasteiger charge is 2.26. The number of benzene rings is 1. The smallest absolute Gasteiger partial charge is 0.119 e.